The smallest absolute Gasteiger partial charge is 0.270 e. The van der Waals surface area contributed by atoms with Crippen LogP contribution in [0.15, 0.2) is 51.8 Å². The van der Waals surface area contributed by atoms with Gasteiger partial charge in [0, 0.05) is 62.6 Å². The van der Waals surface area contributed by atoms with Crippen molar-refractivity contribution in [2.24, 2.45) is 0 Å². The summed E-state index contributed by atoms with van der Waals surface area (Å²) in [7, 11) is -0.154. The van der Waals surface area contributed by atoms with Crippen LogP contribution in [0.2, 0.25) is 0 Å². The fourth-order valence-corrected chi connectivity index (χ4v) is 4.94. The minimum atomic E-state index is -3.66. The van der Waals surface area contributed by atoms with Gasteiger partial charge in [-0.25, -0.2) is 8.42 Å². The van der Waals surface area contributed by atoms with Crippen molar-refractivity contribution in [3.63, 3.8) is 0 Å². The van der Waals surface area contributed by atoms with Crippen LogP contribution in [0.5, 0.6) is 0 Å². The Hall–Kier alpha value is -2.50. The van der Waals surface area contributed by atoms with E-state index in [9.17, 15) is 23.3 Å². The van der Waals surface area contributed by atoms with E-state index >= 15 is 0 Å². The summed E-state index contributed by atoms with van der Waals surface area (Å²) in [4.78, 5) is 27.1. The number of carbonyl (C=O) groups excluding carboxylic acids is 1. The number of nitrogens with zero attached hydrogens (tertiary/aromatic N) is 4. The zero-order chi connectivity index (χ0) is 22.1. The van der Waals surface area contributed by atoms with E-state index in [1.54, 1.807) is 37.2 Å². The Bertz CT molecular complexity index is 1060. The molecule has 1 heterocycles. The van der Waals surface area contributed by atoms with E-state index in [1.807, 2.05) is 0 Å². The van der Waals surface area contributed by atoms with Crippen LogP contribution in [0, 0.1) is 10.1 Å². The molecule has 0 aliphatic carbocycles. The van der Waals surface area contributed by atoms with E-state index in [1.165, 1.54) is 33.5 Å². The summed E-state index contributed by atoms with van der Waals surface area (Å²) in [6.07, 6.45) is 0. The Morgan fingerprint density at radius 3 is 2.20 bits per heavy atom. The van der Waals surface area contributed by atoms with Gasteiger partial charge in [0.15, 0.2) is 0 Å². The minimum absolute atomic E-state index is 0.149. The molecular weight excluding hydrogens is 476 g/mol. The summed E-state index contributed by atoms with van der Waals surface area (Å²) in [5.74, 6) is -0.358. The lowest BCUT2D eigenvalue weighted by Gasteiger charge is -2.34. The van der Waals surface area contributed by atoms with Crippen molar-refractivity contribution in [1.82, 2.24) is 9.21 Å². The highest BCUT2D eigenvalue weighted by Crippen LogP contribution is 2.27. The normalized spacial score (nSPS) is 15.1. The summed E-state index contributed by atoms with van der Waals surface area (Å²) < 4.78 is 27.8. The number of nitro benzene ring substituents is 1. The number of nitro groups is 1. The molecule has 160 valence electrons. The number of anilines is 1. The fraction of sp³-hybridized carbons (Fsp3) is 0.316. The van der Waals surface area contributed by atoms with Crippen LogP contribution < -0.4 is 4.90 Å². The van der Waals surface area contributed by atoms with Crippen molar-refractivity contribution in [3.05, 3.63) is 62.6 Å². The first-order valence-corrected chi connectivity index (χ1v) is 11.4. The predicted octanol–water partition coefficient (Wildman–Crippen LogP) is 2.57. The Labute approximate surface area is 183 Å². The Morgan fingerprint density at radius 1 is 1.07 bits per heavy atom. The number of carbonyl (C=O) groups is 1. The third-order valence-electron chi connectivity index (χ3n) is 4.88. The molecule has 11 heteroatoms. The first kappa shape index (κ1) is 22.2. The lowest BCUT2D eigenvalue weighted by Crippen LogP contribution is -2.50. The summed E-state index contributed by atoms with van der Waals surface area (Å²) in [6.45, 7) is 0.695. The number of non-ortho nitro benzene ring substituents is 1. The molecule has 0 atom stereocenters. The van der Waals surface area contributed by atoms with Gasteiger partial charge in [-0.15, -0.1) is 0 Å². The van der Waals surface area contributed by atoms with Crippen molar-refractivity contribution in [3.8, 4) is 0 Å². The van der Waals surface area contributed by atoms with Gasteiger partial charge in [0.1, 0.15) is 0 Å². The molecule has 0 N–H and O–H groups in total. The summed E-state index contributed by atoms with van der Waals surface area (Å²) >= 11 is 3.29. The number of piperazine rings is 1. The Balaban J connectivity index is 1.78. The molecule has 1 aliphatic rings. The van der Waals surface area contributed by atoms with Crippen LogP contribution in [-0.4, -0.2) is 68.7 Å². The van der Waals surface area contributed by atoms with Crippen molar-refractivity contribution < 1.29 is 18.1 Å². The molecule has 0 unspecified atom stereocenters. The largest absolute Gasteiger partial charge is 0.377 e. The van der Waals surface area contributed by atoms with Crippen LogP contribution in [0.25, 0.3) is 0 Å². The molecular formula is C19H21BrN4O5S. The van der Waals surface area contributed by atoms with Gasteiger partial charge in [-0.3, -0.25) is 14.9 Å². The summed E-state index contributed by atoms with van der Waals surface area (Å²) in [5.41, 5.74) is 0.620. The van der Waals surface area contributed by atoms with Gasteiger partial charge >= 0.3 is 0 Å². The molecule has 1 fully saturated rings. The summed E-state index contributed by atoms with van der Waals surface area (Å²) in [6, 6.07) is 10.6. The lowest BCUT2D eigenvalue weighted by molar-refractivity contribution is -0.384. The molecule has 9 nitrogen and oxygen atoms in total. The van der Waals surface area contributed by atoms with Gasteiger partial charge in [0.2, 0.25) is 10.0 Å². The number of rotatable bonds is 5. The van der Waals surface area contributed by atoms with E-state index in [4.69, 9.17) is 0 Å². The number of benzene rings is 2. The minimum Gasteiger partial charge on any atom is -0.377 e. The van der Waals surface area contributed by atoms with E-state index in [-0.39, 0.29) is 48.2 Å². The van der Waals surface area contributed by atoms with Crippen molar-refractivity contribution in [2.45, 2.75) is 4.90 Å². The number of hydrogen-bond acceptors (Lipinski definition) is 6. The topological polar surface area (TPSA) is 104 Å². The van der Waals surface area contributed by atoms with E-state index in [0.29, 0.717) is 5.69 Å². The van der Waals surface area contributed by atoms with Gasteiger partial charge in [0.05, 0.1) is 15.4 Å². The monoisotopic (exact) mass is 496 g/mol. The molecule has 0 spiro atoms. The third-order valence-corrected chi connectivity index (χ3v) is 7.32. The molecule has 1 aliphatic heterocycles. The van der Waals surface area contributed by atoms with Crippen LogP contribution >= 0.6 is 15.9 Å². The van der Waals surface area contributed by atoms with Crippen molar-refractivity contribution in [2.75, 3.05) is 45.2 Å². The SMILES string of the molecule is CN(C)c1ccc([N+](=O)[O-])cc1C(=O)N1CCN(S(=O)(=O)c2ccc(Br)cc2)CC1. The van der Waals surface area contributed by atoms with Gasteiger partial charge < -0.3 is 9.80 Å². The highest BCUT2D eigenvalue weighted by Gasteiger charge is 2.31. The second-order valence-electron chi connectivity index (χ2n) is 7.00. The molecule has 2 aromatic rings. The molecule has 30 heavy (non-hydrogen) atoms. The van der Waals surface area contributed by atoms with Crippen molar-refractivity contribution >= 4 is 43.2 Å². The lowest BCUT2D eigenvalue weighted by atomic mass is 10.1. The molecule has 3 rings (SSSR count). The fourth-order valence-electron chi connectivity index (χ4n) is 3.26. The first-order chi connectivity index (χ1) is 14.1. The number of hydrogen-bond donors (Lipinski definition) is 0. The first-order valence-electron chi connectivity index (χ1n) is 9.12. The average molecular weight is 497 g/mol. The van der Waals surface area contributed by atoms with Gasteiger partial charge in [-0.05, 0) is 30.3 Å². The van der Waals surface area contributed by atoms with Crippen LogP contribution in [0.4, 0.5) is 11.4 Å². The second kappa shape index (κ2) is 8.70. The molecule has 0 radical (unpaired) electrons. The third kappa shape index (κ3) is 4.47. The van der Waals surface area contributed by atoms with E-state index in [2.05, 4.69) is 15.9 Å². The predicted molar refractivity (Wildman–Crippen MR) is 116 cm³/mol. The highest BCUT2D eigenvalue weighted by molar-refractivity contribution is 9.10. The van der Waals surface area contributed by atoms with Crippen molar-refractivity contribution in [1.29, 1.82) is 0 Å². The van der Waals surface area contributed by atoms with Gasteiger partial charge in [-0.1, -0.05) is 15.9 Å². The molecule has 1 amide bonds. The van der Waals surface area contributed by atoms with Crippen LogP contribution in [0.3, 0.4) is 0 Å². The molecule has 1 saturated heterocycles. The zero-order valence-electron chi connectivity index (χ0n) is 16.5. The Morgan fingerprint density at radius 2 is 1.67 bits per heavy atom. The summed E-state index contributed by atoms with van der Waals surface area (Å²) in [5, 5.41) is 11.1. The van der Waals surface area contributed by atoms with Crippen LogP contribution in [-0.2, 0) is 10.0 Å². The highest BCUT2D eigenvalue weighted by atomic mass is 79.9. The molecule has 0 saturated carbocycles. The van der Waals surface area contributed by atoms with Gasteiger partial charge in [0.25, 0.3) is 11.6 Å². The average Bonchev–Trinajstić information content (AvgIpc) is 2.73. The van der Waals surface area contributed by atoms with Crippen LogP contribution in [0.1, 0.15) is 10.4 Å². The maximum atomic E-state index is 13.1. The van der Waals surface area contributed by atoms with E-state index in [0.717, 1.165) is 4.47 Å². The maximum absolute atomic E-state index is 13.1. The number of halogens is 1. The molecule has 0 aromatic heterocycles. The van der Waals surface area contributed by atoms with Gasteiger partial charge in [-0.2, -0.15) is 4.31 Å². The number of sulfonamides is 1. The molecule has 2 aromatic carbocycles. The molecule has 0 bridgehead atoms. The Kier molecular flexibility index (Phi) is 6.44. The standard InChI is InChI=1S/C19H21BrN4O5S/c1-21(2)18-8-5-15(24(26)27)13-17(18)19(25)22-9-11-23(12-10-22)30(28,29)16-6-3-14(20)4-7-16/h3-8,13H,9-12H2,1-2H3. The maximum Gasteiger partial charge on any atom is 0.270 e. The quantitative estimate of drug-likeness (QED) is 0.465. The zero-order valence-corrected chi connectivity index (χ0v) is 18.9. The second-order valence-corrected chi connectivity index (χ2v) is 9.86. The van der Waals surface area contributed by atoms with E-state index < -0.39 is 14.9 Å². The number of amides is 1.